The molecular weight excluding hydrogens is 399 g/mol. The monoisotopic (exact) mass is 414 g/mol. The number of ether oxygens (including phenoxy) is 1. The van der Waals surface area contributed by atoms with E-state index in [9.17, 15) is 14.9 Å². The van der Waals surface area contributed by atoms with Crippen molar-refractivity contribution in [1.29, 1.82) is 10.5 Å². The zero-order chi connectivity index (χ0) is 21.5. The van der Waals surface area contributed by atoms with Gasteiger partial charge in [0, 0.05) is 54.7 Å². The van der Waals surface area contributed by atoms with Gasteiger partial charge in [-0.15, -0.1) is 0 Å². The summed E-state index contributed by atoms with van der Waals surface area (Å²) in [6, 6.07) is 7.12. The average molecular weight is 414 g/mol. The van der Waals surface area contributed by atoms with Gasteiger partial charge in [0.15, 0.2) is 17.0 Å². The Morgan fingerprint density at radius 2 is 2.10 bits per heavy atom. The van der Waals surface area contributed by atoms with E-state index in [0.29, 0.717) is 47.1 Å². The van der Waals surface area contributed by atoms with E-state index in [1.165, 1.54) is 10.7 Å². The Hall–Kier alpha value is -4.44. The number of rotatable bonds is 4. The third kappa shape index (κ3) is 3.02. The summed E-state index contributed by atoms with van der Waals surface area (Å²) >= 11 is 0. The Balaban J connectivity index is 1.57. The van der Waals surface area contributed by atoms with Crippen molar-refractivity contribution in [2.24, 2.45) is 7.05 Å². The van der Waals surface area contributed by atoms with Crippen molar-refractivity contribution < 1.29 is 9.13 Å². The maximum absolute atomic E-state index is 14.5. The molecule has 4 aromatic rings. The van der Waals surface area contributed by atoms with Crippen LogP contribution in [0.5, 0.6) is 5.75 Å². The van der Waals surface area contributed by atoms with E-state index in [1.54, 1.807) is 36.1 Å². The van der Waals surface area contributed by atoms with Gasteiger partial charge in [-0.25, -0.2) is 14.4 Å². The van der Waals surface area contributed by atoms with E-state index in [1.807, 2.05) is 6.07 Å². The smallest absolute Gasteiger partial charge is 0.208 e. The minimum Gasteiger partial charge on any atom is -0.493 e. The second kappa shape index (κ2) is 7.11. The van der Waals surface area contributed by atoms with Gasteiger partial charge in [-0.2, -0.15) is 15.6 Å². The van der Waals surface area contributed by atoms with Crippen molar-refractivity contribution in [3.05, 3.63) is 59.1 Å². The minimum atomic E-state index is -0.318. The molecule has 0 spiro atoms. The standard InChI is InChI=1S/C21H15FN8O/c1-29-11-16(18(7-24)28-29)15-9-26-21(30-10-12(6-23)27-20(15)30)25-8-14-13-4-5-31-19(13)3-2-17(14)22/h2-3,9-11H,4-5,8H2,1H3,(H,25,26). The molecular formula is C21H15FN8O. The molecule has 152 valence electrons. The number of nitrogens with one attached hydrogen (secondary N) is 1. The number of nitrogens with zero attached hydrogens (tertiary/aromatic N) is 7. The first-order valence-corrected chi connectivity index (χ1v) is 9.48. The number of nitriles is 2. The largest absolute Gasteiger partial charge is 0.493 e. The van der Waals surface area contributed by atoms with Crippen LogP contribution in [0.1, 0.15) is 22.5 Å². The summed E-state index contributed by atoms with van der Waals surface area (Å²) in [5.74, 6) is 0.773. The molecule has 0 amide bonds. The van der Waals surface area contributed by atoms with Gasteiger partial charge >= 0.3 is 0 Å². The van der Waals surface area contributed by atoms with E-state index in [-0.39, 0.29) is 23.7 Å². The van der Waals surface area contributed by atoms with Gasteiger partial charge in [0.25, 0.3) is 0 Å². The topological polar surface area (TPSA) is 117 Å². The van der Waals surface area contributed by atoms with Crippen LogP contribution in [0.15, 0.2) is 30.7 Å². The molecule has 9 nitrogen and oxygen atoms in total. The number of benzene rings is 1. The van der Waals surface area contributed by atoms with Crippen molar-refractivity contribution in [3.63, 3.8) is 0 Å². The van der Waals surface area contributed by atoms with Crippen molar-refractivity contribution >= 4 is 11.6 Å². The molecule has 1 aliphatic heterocycles. The van der Waals surface area contributed by atoms with Crippen LogP contribution in [0.3, 0.4) is 0 Å². The number of aryl methyl sites for hydroxylation is 1. The fraction of sp³-hybridized carbons (Fsp3) is 0.190. The van der Waals surface area contributed by atoms with Crippen molar-refractivity contribution in [2.75, 3.05) is 11.9 Å². The van der Waals surface area contributed by atoms with Crippen LogP contribution in [-0.4, -0.2) is 30.8 Å². The maximum atomic E-state index is 14.5. The normalized spacial score (nSPS) is 12.3. The lowest BCUT2D eigenvalue weighted by Gasteiger charge is -2.12. The number of aromatic nitrogens is 5. The van der Waals surface area contributed by atoms with Gasteiger partial charge in [-0.1, -0.05) is 0 Å². The fourth-order valence-electron chi connectivity index (χ4n) is 3.79. The minimum absolute atomic E-state index is 0.191. The number of hydrogen-bond donors (Lipinski definition) is 1. The van der Waals surface area contributed by atoms with Crippen molar-refractivity contribution in [1.82, 2.24) is 24.1 Å². The molecule has 5 rings (SSSR count). The van der Waals surface area contributed by atoms with Gasteiger partial charge < -0.3 is 10.1 Å². The number of hydrogen-bond acceptors (Lipinski definition) is 7. The lowest BCUT2D eigenvalue weighted by atomic mass is 10.0. The number of imidazole rings is 1. The first-order chi connectivity index (χ1) is 15.1. The Bertz CT molecular complexity index is 1420. The molecule has 0 bridgehead atoms. The molecule has 0 aliphatic carbocycles. The zero-order valence-electron chi connectivity index (χ0n) is 16.4. The van der Waals surface area contributed by atoms with Crippen molar-refractivity contribution in [2.45, 2.75) is 13.0 Å². The maximum Gasteiger partial charge on any atom is 0.208 e. The second-order valence-electron chi connectivity index (χ2n) is 7.06. The van der Waals surface area contributed by atoms with Crippen LogP contribution >= 0.6 is 0 Å². The average Bonchev–Trinajstić information content (AvgIpc) is 3.50. The summed E-state index contributed by atoms with van der Waals surface area (Å²) in [5.41, 5.74) is 3.37. The molecule has 0 fully saturated rings. The van der Waals surface area contributed by atoms with E-state index < -0.39 is 0 Å². The summed E-state index contributed by atoms with van der Waals surface area (Å²) in [6.45, 7) is 0.721. The number of anilines is 1. The van der Waals surface area contributed by atoms with Gasteiger partial charge in [0.2, 0.25) is 5.95 Å². The van der Waals surface area contributed by atoms with Crippen molar-refractivity contribution in [3.8, 4) is 29.0 Å². The molecule has 1 N–H and O–H groups in total. The Morgan fingerprint density at radius 3 is 2.90 bits per heavy atom. The molecule has 0 saturated heterocycles. The molecule has 31 heavy (non-hydrogen) atoms. The lowest BCUT2D eigenvalue weighted by molar-refractivity contribution is 0.356. The van der Waals surface area contributed by atoms with E-state index in [0.717, 1.165) is 5.56 Å². The summed E-state index contributed by atoms with van der Waals surface area (Å²) in [7, 11) is 1.72. The third-order valence-corrected chi connectivity index (χ3v) is 5.19. The Kier molecular flexibility index (Phi) is 4.26. The van der Waals surface area contributed by atoms with Crippen LogP contribution < -0.4 is 10.1 Å². The van der Waals surface area contributed by atoms with E-state index in [4.69, 9.17) is 4.74 Å². The van der Waals surface area contributed by atoms with E-state index in [2.05, 4.69) is 26.5 Å². The van der Waals surface area contributed by atoms with Crippen LogP contribution in [0, 0.1) is 28.5 Å². The fourth-order valence-corrected chi connectivity index (χ4v) is 3.79. The third-order valence-electron chi connectivity index (χ3n) is 5.19. The van der Waals surface area contributed by atoms with Gasteiger partial charge in [0.05, 0.1) is 12.8 Å². The molecule has 1 aliphatic rings. The molecule has 1 aromatic carbocycles. The molecule has 3 aromatic heterocycles. The predicted octanol–water partition coefficient (Wildman–Crippen LogP) is 2.56. The number of fused-ring (bicyclic) bond motifs is 2. The van der Waals surface area contributed by atoms with Crippen LogP contribution in [0.4, 0.5) is 10.3 Å². The highest BCUT2D eigenvalue weighted by Crippen LogP contribution is 2.31. The van der Waals surface area contributed by atoms with Gasteiger partial charge in [-0.05, 0) is 12.1 Å². The molecule has 0 unspecified atom stereocenters. The highest BCUT2D eigenvalue weighted by molar-refractivity contribution is 5.81. The lowest BCUT2D eigenvalue weighted by Crippen LogP contribution is -2.09. The summed E-state index contributed by atoms with van der Waals surface area (Å²) in [4.78, 5) is 8.82. The van der Waals surface area contributed by atoms with Crippen LogP contribution in [0.25, 0.3) is 16.8 Å². The Labute approximate surface area is 176 Å². The summed E-state index contributed by atoms with van der Waals surface area (Å²) < 4.78 is 23.2. The van der Waals surface area contributed by atoms with Crippen LogP contribution in [0.2, 0.25) is 0 Å². The molecule has 4 heterocycles. The Morgan fingerprint density at radius 1 is 1.23 bits per heavy atom. The van der Waals surface area contributed by atoms with Gasteiger partial charge in [0.1, 0.15) is 23.7 Å². The second-order valence-corrected chi connectivity index (χ2v) is 7.06. The molecule has 0 atom stereocenters. The SMILES string of the molecule is Cn1cc(-c2cnc(NCc3c(F)ccc4c3CCO4)n3cc(C#N)nc23)c(C#N)n1. The molecule has 0 radical (unpaired) electrons. The van der Waals surface area contributed by atoms with Gasteiger partial charge in [-0.3, -0.25) is 9.08 Å². The van der Waals surface area contributed by atoms with E-state index >= 15 is 0 Å². The molecule has 0 saturated carbocycles. The van der Waals surface area contributed by atoms with Crippen LogP contribution in [-0.2, 0) is 20.0 Å². The first kappa shape index (κ1) is 18.6. The summed E-state index contributed by atoms with van der Waals surface area (Å²) in [6.07, 6.45) is 5.46. The zero-order valence-corrected chi connectivity index (χ0v) is 16.4. The predicted molar refractivity (Wildman–Crippen MR) is 108 cm³/mol. The number of halogens is 1. The highest BCUT2D eigenvalue weighted by Gasteiger charge is 2.21. The molecule has 10 heteroatoms. The quantitative estimate of drug-likeness (QED) is 0.545. The highest BCUT2D eigenvalue weighted by atomic mass is 19.1. The first-order valence-electron chi connectivity index (χ1n) is 9.48. The summed E-state index contributed by atoms with van der Waals surface area (Å²) in [5, 5.41) is 26.0.